The van der Waals surface area contributed by atoms with Gasteiger partial charge in [-0.15, -0.1) is 0 Å². The van der Waals surface area contributed by atoms with E-state index in [-0.39, 0.29) is 24.6 Å². The fourth-order valence-corrected chi connectivity index (χ4v) is 8.97. The van der Waals surface area contributed by atoms with E-state index in [1.807, 2.05) is 11.8 Å². The Kier molecular flexibility index (Phi) is 40.8. The molecule has 1 N–H and O–H groups in total. The Bertz CT molecular complexity index is 828. The maximum absolute atomic E-state index is 12.7. The Labute approximate surface area is 347 Å². The first kappa shape index (κ1) is 54.2. The Morgan fingerprint density at radius 3 is 1.64 bits per heavy atom. The van der Waals surface area contributed by atoms with E-state index in [0.717, 1.165) is 88.2 Å². The largest absolute Gasteiger partial charge is 0.466 e. The molecule has 0 heterocycles. The molecule has 6 nitrogen and oxygen atoms in total. The summed E-state index contributed by atoms with van der Waals surface area (Å²) < 4.78 is 11.8. The van der Waals surface area contributed by atoms with Gasteiger partial charge >= 0.3 is 11.9 Å². The molecular formula is C48H95NO5S. The van der Waals surface area contributed by atoms with Crippen LogP contribution in [0.3, 0.4) is 0 Å². The van der Waals surface area contributed by atoms with Gasteiger partial charge in [0.2, 0.25) is 0 Å². The van der Waals surface area contributed by atoms with Crippen LogP contribution in [0.1, 0.15) is 234 Å². The summed E-state index contributed by atoms with van der Waals surface area (Å²) in [5, 5.41) is 9.48. The highest BCUT2D eigenvalue weighted by molar-refractivity contribution is 7.99. The average Bonchev–Trinajstić information content (AvgIpc) is 3.17. The van der Waals surface area contributed by atoms with Gasteiger partial charge in [-0.3, -0.25) is 9.59 Å². The molecule has 4 unspecified atom stereocenters. The summed E-state index contributed by atoms with van der Waals surface area (Å²) in [5.41, 5.74) is 0. The van der Waals surface area contributed by atoms with Crippen molar-refractivity contribution in [2.45, 2.75) is 246 Å². The van der Waals surface area contributed by atoms with Crippen molar-refractivity contribution in [3.63, 3.8) is 0 Å². The summed E-state index contributed by atoms with van der Waals surface area (Å²) >= 11 is 2.00. The molecule has 4 atom stereocenters. The quantitative estimate of drug-likeness (QED) is 0.0486. The highest BCUT2D eigenvalue weighted by Crippen LogP contribution is 2.28. The van der Waals surface area contributed by atoms with E-state index < -0.39 is 0 Å². The highest BCUT2D eigenvalue weighted by Gasteiger charge is 2.21. The van der Waals surface area contributed by atoms with Crippen LogP contribution in [0, 0.1) is 11.8 Å². The van der Waals surface area contributed by atoms with Gasteiger partial charge in [0.15, 0.2) is 0 Å². The lowest BCUT2D eigenvalue weighted by molar-refractivity contribution is -0.148. The number of hydrogen-bond donors (Lipinski definition) is 1. The van der Waals surface area contributed by atoms with Crippen LogP contribution in [0.2, 0.25) is 0 Å². The molecule has 0 fully saturated rings. The fourth-order valence-electron chi connectivity index (χ4n) is 7.80. The lowest BCUT2D eigenvalue weighted by Gasteiger charge is -2.31. The average molecular weight is 798 g/mol. The molecule has 0 saturated carbocycles. The normalized spacial score (nSPS) is 13.9. The summed E-state index contributed by atoms with van der Waals surface area (Å²) in [6, 6.07) is 0.541. The predicted molar refractivity (Wildman–Crippen MR) is 240 cm³/mol. The van der Waals surface area contributed by atoms with Crippen LogP contribution in [-0.2, 0) is 19.1 Å². The molecule has 7 heteroatoms. The minimum Gasteiger partial charge on any atom is -0.466 e. The molecule has 0 aliphatic rings. The van der Waals surface area contributed by atoms with Crippen LogP contribution in [0.4, 0.5) is 0 Å². The van der Waals surface area contributed by atoms with Gasteiger partial charge in [-0.2, -0.15) is 11.8 Å². The van der Waals surface area contributed by atoms with Crippen LogP contribution in [0.15, 0.2) is 0 Å². The van der Waals surface area contributed by atoms with Crippen molar-refractivity contribution in [3.05, 3.63) is 0 Å². The smallest absolute Gasteiger partial charge is 0.306 e. The van der Waals surface area contributed by atoms with E-state index in [2.05, 4.69) is 46.6 Å². The molecule has 55 heavy (non-hydrogen) atoms. The van der Waals surface area contributed by atoms with E-state index in [0.29, 0.717) is 31.4 Å². The Morgan fingerprint density at radius 1 is 0.545 bits per heavy atom. The number of hydrogen-bond acceptors (Lipinski definition) is 7. The van der Waals surface area contributed by atoms with E-state index in [4.69, 9.17) is 9.47 Å². The molecular weight excluding hydrogens is 703 g/mol. The minimum atomic E-state index is -0.0109. The molecule has 0 radical (unpaired) electrons. The van der Waals surface area contributed by atoms with E-state index in [1.165, 1.54) is 122 Å². The number of thioether (sulfide) groups is 1. The third-order valence-electron chi connectivity index (χ3n) is 11.7. The zero-order valence-corrected chi connectivity index (χ0v) is 38.5. The maximum Gasteiger partial charge on any atom is 0.306 e. The highest BCUT2D eigenvalue weighted by atomic mass is 32.2. The summed E-state index contributed by atoms with van der Waals surface area (Å²) in [6.07, 6.45) is 35.2. The first-order valence-corrected chi connectivity index (χ1v) is 25.2. The molecule has 0 aromatic carbocycles. The summed E-state index contributed by atoms with van der Waals surface area (Å²) in [6.45, 7) is 13.1. The molecule has 0 amide bonds. The Balaban J connectivity index is 5.29. The van der Waals surface area contributed by atoms with Crippen LogP contribution in [-0.4, -0.2) is 72.4 Å². The number of carbonyl (C=O) groups is 2. The van der Waals surface area contributed by atoms with E-state index in [9.17, 15) is 14.7 Å². The number of aliphatic hydroxyl groups excluding tert-OH is 1. The van der Waals surface area contributed by atoms with Gasteiger partial charge < -0.3 is 19.5 Å². The molecule has 0 aliphatic carbocycles. The van der Waals surface area contributed by atoms with E-state index in [1.54, 1.807) is 0 Å². The second-order valence-electron chi connectivity index (χ2n) is 16.9. The van der Waals surface area contributed by atoms with Crippen molar-refractivity contribution in [3.8, 4) is 0 Å². The number of unbranched alkanes of at least 4 members (excludes halogenated alkanes) is 14. The van der Waals surface area contributed by atoms with Crippen LogP contribution in [0.25, 0.3) is 0 Å². The van der Waals surface area contributed by atoms with Gasteiger partial charge in [0.05, 0.1) is 6.61 Å². The van der Waals surface area contributed by atoms with Gasteiger partial charge in [0, 0.05) is 31.2 Å². The second-order valence-corrected chi connectivity index (χ2v) is 18.0. The van der Waals surface area contributed by atoms with Crippen molar-refractivity contribution < 1.29 is 24.2 Å². The number of rotatable bonds is 43. The van der Waals surface area contributed by atoms with Crippen LogP contribution < -0.4 is 0 Å². The zero-order chi connectivity index (χ0) is 40.6. The fraction of sp³-hybridized carbons (Fsp3) is 0.958. The zero-order valence-electron chi connectivity index (χ0n) is 37.7. The van der Waals surface area contributed by atoms with Gasteiger partial charge in [0.25, 0.3) is 0 Å². The topological polar surface area (TPSA) is 76.1 Å². The SMILES string of the molecule is CCCCCCCC(=O)OCCC(CCCCC)CCC(CCC(CCCCC)CCSCC(CCCC)OC(=O)CCCCCCC)N(C)CCCCO. The lowest BCUT2D eigenvalue weighted by atomic mass is 9.87. The molecule has 0 rings (SSSR count). The molecule has 328 valence electrons. The van der Waals surface area contributed by atoms with Crippen molar-refractivity contribution in [2.75, 3.05) is 38.3 Å². The van der Waals surface area contributed by atoms with Gasteiger partial charge in [-0.05, 0) is 102 Å². The second kappa shape index (κ2) is 41.4. The number of esters is 2. The van der Waals surface area contributed by atoms with E-state index >= 15 is 0 Å². The Hall–Kier alpha value is -0.790. The summed E-state index contributed by atoms with van der Waals surface area (Å²) in [5.74, 6) is 3.39. The number of aliphatic hydroxyl groups is 1. The summed E-state index contributed by atoms with van der Waals surface area (Å²) in [7, 11) is 2.31. The molecule has 0 spiro atoms. The molecule has 0 aromatic heterocycles. The maximum atomic E-state index is 12.7. The van der Waals surface area contributed by atoms with Gasteiger partial charge in [-0.25, -0.2) is 0 Å². The van der Waals surface area contributed by atoms with Crippen molar-refractivity contribution >= 4 is 23.7 Å². The van der Waals surface area contributed by atoms with Gasteiger partial charge in [0.1, 0.15) is 6.10 Å². The van der Waals surface area contributed by atoms with Crippen LogP contribution >= 0.6 is 11.8 Å². The Morgan fingerprint density at radius 2 is 1.07 bits per heavy atom. The molecule has 0 saturated heterocycles. The molecule has 0 aliphatic heterocycles. The first-order chi connectivity index (χ1) is 26.8. The minimum absolute atomic E-state index is 0.00609. The van der Waals surface area contributed by atoms with Crippen molar-refractivity contribution in [1.82, 2.24) is 4.90 Å². The van der Waals surface area contributed by atoms with Gasteiger partial charge in [-0.1, -0.05) is 150 Å². The standard InChI is InChI=1S/C48H95NO5S/c1-7-12-17-19-23-30-47(51)53-40-36-43(27-21-14-9-3)32-34-45(49(6)38-25-26-39-50)35-33-44(28-22-15-10-4)37-41-55-42-46(29-16-11-5)54-48(52)31-24-20-18-13-8-2/h43-46,50H,7-42H2,1-6H3. The van der Waals surface area contributed by atoms with Crippen molar-refractivity contribution in [1.29, 1.82) is 0 Å². The third kappa shape index (κ3) is 34.9. The van der Waals surface area contributed by atoms with Crippen molar-refractivity contribution in [2.24, 2.45) is 11.8 Å². The molecule has 0 aromatic rings. The summed E-state index contributed by atoms with van der Waals surface area (Å²) in [4.78, 5) is 27.7. The predicted octanol–water partition coefficient (Wildman–Crippen LogP) is 13.9. The number of ether oxygens (including phenoxy) is 2. The number of nitrogens with zero attached hydrogens (tertiary/aromatic N) is 1. The third-order valence-corrected chi connectivity index (χ3v) is 12.8. The molecule has 0 bridgehead atoms. The number of carbonyl (C=O) groups excluding carboxylic acids is 2. The first-order valence-electron chi connectivity index (χ1n) is 24.1. The lowest BCUT2D eigenvalue weighted by Crippen LogP contribution is -2.33. The van der Waals surface area contributed by atoms with Crippen LogP contribution in [0.5, 0.6) is 0 Å². The monoisotopic (exact) mass is 798 g/mol.